The quantitative estimate of drug-likeness (QED) is 0.560. The lowest BCUT2D eigenvalue weighted by atomic mass is 9.95. The average Bonchev–Trinajstić information content (AvgIpc) is 2.72. The van der Waals surface area contributed by atoms with E-state index in [1.54, 1.807) is 19.1 Å². The molecule has 2 aromatic carbocycles. The van der Waals surface area contributed by atoms with Gasteiger partial charge in [0, 0.05) is 12.8 Å². The molecule has 0 fully saturated rings. The summed E-state index contributed by atoms with van der Waals surface area (Å²) in [6, 6.07) is 14.5. The maximum absolute atomic E-state index is 11.9. The Labute approximate surface area is 175 Å². The topological polar surface area (TPSA) is 100 Å². The number of carboxylic acid groups (broad SMARTS) is 2. The Hall–Kier alpha value is -3.54. The third kappa shape index (κ3) is 4.71. The molecule has 0 aliphatic rings. The number of nitrogens with zero attached hydrogens (tertiary/aromatic N) is 2. The molecule has 3 aromatic rings. The molecule has 0 amide bonds. The molecule has 0 saturated heterocycles. The summed E-state index contributed by atoms with van der Waals surface area (Å²) in [6.07, 6.45) is 2.80. The fourth-order valence-electron chi connectivity index (χ4n) is 3.49. The van der Waals surface area contributed by atoms with Gasteiger partial charge < -0.3 is 10.2 Å². The van der Waals surface area contributed by atoms with E-state index in [1.165, 1.54) is 0 Å². The Kier molecular flexibility index (Phi) is 6.57. The van der Waals surface area contributed by atoms with Crippen molar-refractivity contribution >= 4 is 11.9 Å². The number of carbonyl (C=O) groups is 2. The molecule has 0 aliphatic heterocycles. The van der Waals surface area contributed by atoms with E-state index >= 15 is 0 Å². The van der Waals surface area contributed by atoms with Crippen molar-refractivity contribution in [2.24, 2.45) is 0 Å². The second kappa shape index (κ2) is 9.31. The van der Waals surface area contributed by atoms with Gasteiger partial charge >= 0.3 is 11.9 Å². The fraction of sp³-hybridized carbons (Fsp3) is 0.250. The van der Waals surface area contributed by atoms with E-state index in [9.17, 15) is 19.8 Å². The second-order valence-corrected chi connectivity index (χ2v) is 7.18. The summed E-state index contributed by atoms with van der Waals surface area (Å²) >= 11 is 0. The number of benzene rings is 2. The molecule has 1 aromatic heterocycles. The highest BCUT2D eigenvalue weighted by Crippen LogP contribution is 2.26. The summed E-state index contributed by atoms with van der Waals surface area (Å²) in [5.41, 5.74) is 3.21. The first-order valence-corrected chi connectivity index (χ1v) is 9.92. The van der Waals surface area contributed by atoms with Crippen LogP contribution in [0, 0.1) is 6.92 Å². The molecule has 6 nitrogen and oxygen atoms in total. The van der Waals surface area contributed by atoms with Crippen molar-refractivity contribution < 1.29 is 19.8 Å². The predicted molar refractivity (Wildman–Crippen MR) is 114 cm³/mol. The van der Waals surface area contributed by atoms with E-state index in [0.29, 0.717) is 34.8 Å². The second-order valence-electron chi connectivity index (χ2n) is 7.18. The van der Waals surface area contributed by atoms with Crippen LogP contribution in [0.2, 0.25) is 0 Å². The van der Waals surface area contributed by atoms with E-state index in [1.807, 2.05) is 36.4 Å². The smallest absolute Gasteiger partial charge is 0.339 e. The molecular formula is C24H24N2O4. The van der Waals surface area contributed by atoms with Crippen molar-refractivity contribution in [3.05, 3.63) is 82.4 Å². The van der Waals surface area contributed by atoms with E-state index in [-0.39, 0.29) is 17.5 Å². The third-order valence-electron chi connectivity index (χ3n) is 4.95. The lowest BCUT2D eigenvalue weighted by Gasteiger charge is -2.13. The van der Waals surface area contributed by atoms with Gasteiger partial charge in [-0.2, -0.15) is 0 Å². The molecule has 1 heterocycles. The molecule has 0 spiro atoms. The first-order valence-electron chi connectivity index (χ1n) is 9.92. The van der Waals surface area contributed by atoms with Crippen LogP contribution >= 0.6 is 0 Å². The molecule has 0 aliphatic carbocycles. The van der Waals surface area contributed by atoms with Crippen molar-refractivity contribution in [1.82, 2.24) is 9.97 Å². The summed E-state index contributed by atoms with van der Waals surface area (Å²) in [5.74, 6) is -1.49. The van der Waals surface area contributed by atoms with E-state index in [0.717, 1.165) is 18.4 Å². The van der Waals surface area contributed by atoms with Gasteiger partial charge in [0.25, 0.3) is 0 Å². The summed E-state index contributed by atoms with van der Waals surface area (Å²) < 4.78 is 0. The Morgan fingerprint density at radius 3 is 2.33 bits per heavy atom. The highest BCUT2D eigenvalue weighted by atomic mass is 16.4. The maximum Gasteiger partial charge on any atom is 0.339 e. The van der Waals surface area contributed by atoms with Gasteiger partial charge in [0.2, 0.25) is 0 Å². The molecule has 30 heavy (non-hydrogen) atoms. The maximum atomic E-state index is 11.9. The molecular weight excluding hydrogens is 380 g/mol. The number of unbranched alkanes of at least 4 members (excludes halogenated alkanes) is 1. The van der Waals surface area contributed by atoms with Crippen LogP contribution in [0.3, 0.4) is 0 Å². The molecule has 6 heteroatoms. The van der Waals surface area contributed by atoms with Crippen molar-refractivity contribution in [2.75, 3.05) is 0 Å². The zero-order valence-electron chi connectivity index (χ0n) is 17.1. The molecule has 0 unspecified atom stereocenters. The van der Waals surface area contributed by atoms with E-state index in [4.69, 9.17) is 0 Å². The standard InChI is InChI=1S/C24H24N2O4/c1-3-4-10-21-25-15(2)22(24(29)30)20(26-21)14-16-11-12-18(19(13-16)23(27)28)17-8-6-5-7-9-17/h5-9,11-13H,3-4,10,14H2,1-2H3,(H,27,28)(H,29,30). The van der Waals surface area contributed by atoms with Crippen LogP contribution in [0.25, 0.3) is 11.1 Å². The highest BCUT2D eigenvalue weighted by molar-refractivity contribution is 5.96. The first kappa shape index (κ1) is 21.2. The van der Waals surface area contributed by atoms with Crippen LogP contribution in [0.1, 0.15) is 63.3 Å². The number of rotatable bonds is 8. The van der Waals surface area contributed by atoms with Crippen molar-refractivity contribution in [2.45, 2.75) is 39.5 Å². The number of hydrogen-bond acceptors (Lipinski definition) is 4. The van der Waals surface area contributed by atoms with Crippen LogP contribution in [0.15, 0.2) is 48.5 Å². The Morgan fingerprint density at radius 2 is 1.70 bits per heavy atom. The van der Waals surface area contributed by atoms with Crippen LogP contribution in [-0.2, 0) is 12.8 Å². The zero-order valence-corrected chi connectivity index (χ0v) is 17.1. The molecule has 0 saturated carbocycles. The van der Waals surface area contributed by atoms with Crippen molar-refractivity contribution in [3.63, 3.8) is 0 Å². The monoisotopic (exact) mass is 404 g/mol. The molecule has 3 rings (SSSR count). The summed E-state index contributed by atoms with van der Waals surface area (Å²) in [5, 5.41) is 19.4. The van der Waals surface area contributed by atoms with Gasteiger partial charge in [-0.25, -0.2) is 19.6 Å². The van der Waals surface area contributed by atoms with Crippen molar-refractivity contribution in [1.29, 1.82) is 0 Å². The summed E-state index contributed by atoms with van der Waals surface area (Å²) in [4.78, 5) is 32.5. The van der Waals surface area contributed by atoms with E-state index in [2.05, 4.69) is 16.9 Å². The third-order valence-corrected chi connectivity index (χ3v) is 4.95. The van der Waals surface area contributed by atoms with Crippen LogP contribution in [0.5, 0.6) is 0 Å². The lowest BCUT2D eigenvalue weighted by Crippen LogP contribution is -2.13. The first-order chi connectivity index (χ1) is 14.4. The Morgan fingerprint density at radius 1 is 0.967 bits per heavy atom. The minimum absolute atomic E-state index is 0.0826. The number of aromatic nitrogens is 2. The van der Waals surface area contributed by atoms with Gasteiger partial charge in [-0.05, 0) is 36.1 Å². The minimum Gasteiger partial charge on any atom is -0.478 e. The molecule has 154 valence electrons. The highest BCUT2D eigenvalue weighted by Gasteiger charge is 2.19. The molecule has 2 N–H and O–H groups in total. The van der Waals surface area contributed by atoms with Crippen LogP contribution in [-0.4, -0.2) is 32.1 Å². The van der Waals surface area contributed by atoms with Gasteiger partial charge in [-0.1, -0.05) is 55.8 Å². The van der Waals surface area contributed by atoms with Crippen LogP contribution in [0.4, 0.5) is 0 Å². The Bertz CT molecular complexity index is 1080. The minimum atomic E-state index is -1.08. The van der Waals surface area contributed by atoms with Gasteiger partial charge in [0.05, 0.1) is 17.0 Å². The number of hydrogen-bond donors (Lipinski definition) is 2. The number of aryl methyl sites for hydroxylation is 2. The lowest BCUT2D eigenvalue weighted by molar-refractivity contribution is 0.0684. The predicted octanol–water partition coefficient (Wildman–Crippen LogP) is 4.78. The SMILES string of the molecule is CCCCc1nc(C)c(C(=O)O)c(Cc2ccc(-c3ccccc3)c(C(=O)O)c2)n1. The number of carboxylic acids is 2. The average molecular weight is 404 g/mol. The number of aromatic carboxylic acids is 2. The van der Waals surface area contributed by atoms with Gasteiger partial charge in [-0.3, -0.25) is 0 Å². The largest absolute Gasteiger partial charge is 0.478 e. The van der Waals surface area contributed by atoms with Gasteiger partial charge in [0.1, 0.15) is 11.4 Å². The normalized spacial score (nSPS) is 10.7. The van der Waals surface area contributed by atoms with Gasteiger partial charge in [-0.15, -0.1) is 0 Å². The fourth-order valence-corrected chi connectivity index (χ4v) is 3.49. The van der Waals surface area contributed by atoms with Crippen LogP contribution < -0.4 is 0 Å². The van der Waals surface area contributed by atoms with Gasteiger partial charge in [0.15, 0.2) is 0 Å². The Balaban J connectivity index is 2.03. The molecule has 0 bridgehead atoms. The molecule has 0 radical (unpaired) electrons. The summed E-state index contributed by atoms with van der Waals surface area (Å²) in [7, 11) is 0. The van der Waals surface area contributed by atoms with E-state index < -0.39 is 11.9 Å². The zero-order chi connectivity index (χ0) is 21.7. The molecule has 0 atom stereocenters. The van der Waals surface area contributed by atoms with Crippen molar-refractivity contribution in [3.8, 4) is 11.1 Å². The summed E-state index contributed by atoms with van der Waals surface area (Å²) in [6.45, 7) is 3.74.